The minimum absolute atomic E-state index is 0. The summed E-state index contributed by atoms with van der Waals surface area (Å²) < 4.78 is 39.3. The van der Waals surface area contributed by atoms with Crippen molar-refractivity contribution < 1.29 is 57.2 Å². The van der Waals surface area contributed by atoms with Gasteiger partial charge in [0, 0.05) is 22.0 Å². The molecule has 4 aromatic carbocycles. The zero-order valence-electron chi connectivity index (χ0n) is 21.0. The molecule has 0 radical (unpaired) electrons. The quantitative estimate of drug-likeness (QED) is 0.189. The number of anilines is 1. The summed E-state index contributed by atoms with van der Waals surface area (Å²) >= 11 is 12.2. The Labute approximate surface area is 256 Å². The molecule has 0 aliphatic rings. The van der Waals surface area contributed by atoms with Gasteiger partial charge in [-0.3, -0.25) is 9.35 Å². The standard InChI is InChI=1S/C26H21Cl2N3O6S.Na/c1-3-14-8-10-19(28)23(25(14)38(34,35)36)31-30-22-17-7-5-4-6-15(17)12-18(24(22)32)26(33)29-20-11-9-16(27)13-21(20)37-2;/h4-13,32H,3H2,1-2H3,(H,29,33)(H,34,35,36);/q;+1/p-1. The number of nitrogens with one attached hydrogen (secondary N) is 1. The van der Waals surface area contributed by atoms with E-state index in [9.17, 15) is 22.9 Å². The van der Waals surface area contributed by atoms with Gasteiger partial charge in [-0.25, -0.2) is 0 Å². The zero-order valence-corrected chi connectivity index (χ0v) is 25.4. The first kappa shape index (κ1) is 30.8. The van der Waals surface area contributed by atoms with Crippen molar-refractivity contribution in [2.24, 2.45) is 10.2 Å². The third kappa shape index (κ3) is 6.55. The average molecular weight is 596 g/mol. The molecule has 0 aliphatic heterocycles. The Bertz CT molecular complexity index is 1710. The molecule has 2 N–H and O–H groups in total. The fraction of sp³-hybridized carbons (Fsp3) is 0.115. The predicted molar refractivity (Wildman–Crippen MR) is 144 cm³/mol. The van der Waals surface area contributed by atoms with E-state index < -0.39 is 26.7 Å². The van der Waals surface area contributed by atoms with Crippen molar-refractivity contribution in [3.8, 4) is 11.5 Å². The summed E-state index contributed by atoms with van der Waals surface area (Å²) in [6, 6.07) is 15.6. The molecule has 0 saturated carbocycles. The number of azo groups is 1. The van der Waals surface area contributed by atoms with Crippen molar-refractivity contribution in [3.63, 3.8) is 0 Å². The molecule has 0 aromatic heterocycles. The van der Waals surface area contributed by atoms with E-state index in [0.29, 0.717) is 27.2 Å². The van der Waals surface area contributed by atoms with Crippen LogP contribution in [0.2, 0.25) is 10.0 Å². The van der Waals surface area contributed by atoms with Crippen molar-refractivity contribution in [1.82, 2.24) is 0 Å². The number of halogens is 2. The molecule has 0 aliphatic carbocycles. The monoisotopic (exact) mass is 595 g/mol. The zero-order chi connectivity index (χ0) is 27.6. The van der Waals surface area contributed by atoms with Crippen molar-refractivity contribution in [2.45, 2.75) is 18.2 Å². The van der Waals surface area contributed by atoms with Gasteiger partial charge in [0.15, 0.2) is 0 Å². The molecule has 9 nitrogen and oxygen atoms in total. The van der Waals surface area contributed by atoms with Crippen molar-refractivity contribution in [2.75, 3.05) is 12.4 Å². The Kier molecular flexibility index (Phi) is 10.0. The number of aryl methyl sites for hydroxylation is 1. The van der Waals surface area contributed by atoms with Crippen LogP contribution < -0.4 is 44.7 Å². The number of methoxy groups -OCH3 is 1. The molecule has 0 bridgehead atoms. The van der Waals surface area contributed by atoms with Crippen LogP contribution in [-0.4, -0.2) is 26.0 Å². The summed E-state index contributed by atoms with van der Waals surface area (Å²) in [7, 11) is -3.31. The number of ether oxygens (including phenoxy) is 1. The third-order valence-corrected chi connectivity index (χ3v) is 7.20. The van der Waals surface area contributed by atoms with Gasteiger partial charge in [-0.05, 0) is 41.6 Å². The molecule has 0 atom stereocenters. The maximum atomic E-state index is 13.5. The van der Waals surface area contributed by atoms with Crippen LogP contribution in [0.5, 0.6) is 11.5 Å². The minimum atomic E-state index is -4.72. The van der Waals surface area contributed by atoms with Crippen molar-refractivity contribution in [1.29, 1.82) is 0 Å². The van der Waals surface area contributed by atoms with Crippen molar-refractivity contribution >= 4 is 67.1 Å². The van der Waals surface area contributed by atoms with E-state index in [1.165, 1.54) is 37.4 Å². The van der Waals surface area contributed by atoms with E-state index >= 15 is 0 Å². The predicted octanol–water partition coefficient (Wildman–Crippen LogP) is 3.71. The van der Waals surface area contributed by atoms with E-state index in [-0.39, 0.29) is 63.5 Å². The Morgan fingerprint density at radius 3 is 2.41 bits per heavy atom. The van der Waals surface area contributed by atoms with Gasteiger partial charge in [0.05, 0.1) is 23.5 Å². The van der Waals surface area contributed by atoms with Crippen LogP contribution in [0, 0.1) is 0 Å². The summed E-state index contributed by atoms with van der Waals surface area (Å²) in [4.78, 5) is 12.7. The van der Waals surface area contributed by atoms with Gasteiger partial charge in [0.2, 0.25) is 0 Å². The number of benzene rings is 4. The van der Waals surface area contributed by atoms with Crippen LogP contribution >= 0.6 is 23.2 Å². The SMILES string of the molecule is CCc1ccc(Cl)c(N=Nc2c([O-])c(C(=O)Nc3ccc(Cl)cc3OC)cc3ccccc23)c1S(=O)(=O)O.[Na+]. The van der Waals surface area contributed by atoms with E-state index in [0.717, 1.165) is 0 Å². The van der Waals surface area contributed by atoms with E-state index in [2.05, 4.69) is 15.5 Å². The number of hydrogen-bond acceptors (Lipinski definition) is 7. The molecule has 39 heavy (non-hydrogen) atoms. The maximum absolute atomic E-state index is 13.5. The van der Waals surface area contributed by atoms with Crippen LogP contribution in [0.1, 0.15) is 22.8 Å². The largest absolute Gasteiger partial charge is 1.00 e. The molecule has 4 aromatic rings. The molecular formula is C26H20Cl2N3NaO6S. The molecule has 0 fully saturated rings. The van der Waals surface area contributed by atoms with Gasteiger partial charge >= 0.3 is 29.6 Å². The average Bonchev–Trinajstić information content (AvgIpc) is 2.88. The van der Waals surface area contributed by atoms with Crippen molar-refractivity contribution in [3.05, 3.63) is 81.8 Å². The molecule has 0 heterocycles. The van der Waals surface area contributed by atoms with Gasteiger partial charge in [-0.2, -0.15) is 13.5 Å². The van der Waals surface area contributed by atoms with Gasteiger partial charge in [0.25, 0.3) is 16.0 Å². The first-order chi connectivity index (χ1) is 18.0. The van der Waals surface area contributed by atoms with Gasteiger partial charge in [0.1, 0.15) is 16.3 Å². The number of fused-ring (bicyclic) bond motifs is 1. The Morgan fingerprint density at radius 1 is 1.05 bits per heavy atom. The molecular weight excluding hydrogens is 576 g/mol. The molecule has 1 amide bonds. The fourth-order valence-corrected chi connectivity index (χ4v) is 5.24. The first-order valence-corrected chi connectivity index (χ1v) is 13.3. The Morgan fingerprint density at radius 2 is 1.74 bits per heavy atom. The summed E-state index contributed by atoms with van der Waals surface area (Å²) in [6.45, 7) is 1.69. The van der Waals surface area contributed by atoms with Gasteiger partial charge < -0.3 is 15.2 Å². The van der Waals surface area contributed by atoms with Crippen LogP contribution in [0.4, 0.5) is 17.1 Å². The third-order valence-electron chi connectivity index (χ3n) is 5.68. The van der Waals surface area contributed by atoms with Crippen LogP contribution in [-0.2, 0) is 16.5 Å². The first-order valence-electron chi connectivity index (χ1n) is 11.1. The van der Waals surface area contributed by atoms with Crippen LogP contribution in [0.15, 0.2) is 75.8 Å². The number of carbonyl (C=O) groups excluding carboxylic acids is 1. The number of rotatable bonds is 7. The smallest absolute Gasteiger partial charge is 0.870 e. The molecule has 4 rings (SSSR count). The summed E-state index contributed by atoms with van der Waals surface area (Å²) in [5, 5.41) is 25.3. The van der Waals surface area contributed by atoms with Crippen LogP contribution in [0.3, 0.4) is 0 Å². The second-order valence-electron chi connectivity index (χ2n) is 8.03. The summed E-state index contributed by atoms with van der Waals surface area (Å²) in [5.41, 5.74) is -0.215. The second kappa shape index (κ2) is 12.6. The van der Waals surface area contributed by atoms with Crippen LogP contribution in [0.25, 0.3) is 10.8 Å². The number of carbonyl (C=O) groups is 1. The number of nitrogens with zero attached hydrogens (tertiary/aromatic N) is 2. The molecule has 0 unspecified atom stereocenters. The van der Waals surface area contributed by atoms with Gasteiger partial charge in [-0.15, -0.1) is 5.11 Å². The Balaban J connectivity index is 0.00000420. The fourth-order valence-electron chi connectivity index (χ4n) is 3.88. The van der Waals surface area contributed by atoms with E-state index in [4.69, 9.17) is 27.9 Å². The molecule has 13 heteroatoms. The molecule has 196 valence electrons. The molecule has 0 spiro atoms. The van der Waals surface area contributed by atoms with E-state index in [1.54, 1.807) is 37.3 Å². The number of amides is 1. The minimum Gasteiger partial charge on any atom is -0.870 e. The maximum Gasteiger partial charge on any atom is 1.00 e. The Hall–Kier alpha value is -2.70. The normalized spacial score (nSPS) is 11.4. The second-order valence-corrected chi connectivity index (χ2v) is 10.2. The summed E-state index contributed by atoms with van der Waals surface area (Å²) in [6.07, 6.45) is 0.258. The van der Waals surface area contributed by atoms with E-state index in [1.807, 2.05) is 0 Å². The topological polar surface area (TPSA) is 140 Å². The molecule has 0 saturated heterocycles. The number of hydrogen-bond donors (Lipinski definition) is 2. The summed E-state index contributed by atoms with van der Waals surface area (Å²) in [5.74, 6) is -1.20. The van der Waals surface area contributed by atoms with Gasteiger partial charge in [-0.1, -0.05) is 66.2 Å².